The summed E-state index contributed by atoms with van der Waals surface area (Å²) in [5, 5.41) is 3.57. The highest BCUT2D eigenvalue weighted by Crippen LogP contribution is 2.63. The average molecular weight is 806 g/mol. The van der Waals surface area contributed by atoms with E-state index in [-0.39, 0.29) is 0 Å². The molecule has 0 saturated carbocycles. The van der Waals surface area contributed by atoms with E-state index in [9.17, 15) is 0 Å². The zero-order valence-corrected chi connectivity index (χ0v) is 34.3. The number of pyridine rings is 1. The van der Waals surface area contributed by atoms with Crippen LogP contribution in [0.25, 0.3) is 88.7 Å². The smallest absolute Gasteiger partial charge is 0.0973 e. The van der Waals surface area contributed by atoms with Crippen molar-refractivity contribution in [2.45, 2.75) is 15.2 Å². The molecule has 0 amide bonds. The lowest BCUT2D eigenvalue weighted by atomic mass is 9.67. The average Bonchev–Trinajstić information content (AvgIpc) is 3.64. The van der Waals surface area contributed by atoms with E-state index in [1.54, 1.807) is 0 Å². The Morgan fingerprint density at radius 1 is 0.323 bits per heavy atom. The number of fused-ring (bicyclic) bond motifs is 14. The molecule has 11 aromatic rings. The summed E-state index contributed by atoms with van der Waals surface area (Å²) in [5.41, 5.74) is 18.3. The number of hydrogen-bond acceptors (Lipinski definition) is 4. The van der Waals surface area contributed by atoms with E-state index in [1.807, 2.05) is 23.9 Å². The molecule has 1 spiro atoms. The Bertz CT molecular complexity index is 3550. The third-order valence-corrected chi connectivity index (χ3v) is 14.1. The lowest BCUT2D eigenvalue weighted by molar-refractivity contribution is 0.723. The van der Waals surface area contributed by atoms with Gasteiger partial charge in [0, 0.05) is 42.6 Å². The second-order valence-electron chi connectivity index (χ2n) is 16.2. The van der Waals surface area contributed by atoms with Gasteiger partial charge >= 0.3 is 0 Å². The molecule has 1 aliphatic heterocycles. The maximum atomic E-state index is 5.42. The summed E-state index contributed by atoms with van der Waals surface area (Å²) in [6.45, 7) is 0. The highest BCUT2D eigenvalue weighted by atomic mass is 32.2. The lowest BCUT2D eigenvalue weighted by Crippen LogP contribution is -2.31. The standard InChI is InChI=1S/C58H35N3S/c1-3-15-37(16-4-1)56-57(38-17-5-2-6-18-38)61-50-35-40(31-34-49(50)60-56)36-27-29-39(30-28-36)55-43-32-33-47-54(53(43)42-20-8-12-24-48(42)59-55)41-19-7-9-21-44(41)58(47)45-22-10-13-25-51(45)62-52-26-14-11-23-46(52)58/h1-35H. The minimum absolute atomic E-state index is 0.444. The third kappa shape index (κ3) is 5.11. The van der Waals surface area contributed by atoms with Gasteiger partial charge in [-0.1, -0.05) is 194 Å². The first kappa shape index (κ1) is 35.1. The summed E-state index contributed by atoms with van der Waals surface area (Å²) in [6, 6.07) is 76.5. The predicted molar refractivity (Wildman–Crippen MR) is 256 cm³/mol. The second-order valence-corrected chi connectivity index (χ2v) is 17.3. The Balaban J connectivity index is 0.979. The van der Waals surface area contributed by atoms with Crippen molar-refractivity contribution in [3.05, 3.63) is 235 Å². The molecule has 0 unspecified atom stereocenters. The molecule has 4 heteroatoms. The van der Waals surface area contributed by atoms with Crippen LogP contribution in [-0.2, 0) is 5.41 Å². The summed E-state index contributed by atoms with van der Waals surface area (Å²) in [4.78, 5) is 18.5. The topological polar surface area (TPSA) is 38.7 Å². The third-order valence-electron chi connectivity index (χ3n) is 12.9. The van der Waals surface area contributed by atoms with E-state index in [4.69, 9.17) is 15.0 Å². The molecule has 0 bridgehead atoms. The molecule has 0 radical (unpaired) electrons. The first-order chi connectivity index (χ1) is 30.7. The SMILES string of the molecule is c1ccc(-c2nc3ccc(-c4ccc(-c5nc6ccccc6c6c7c(ccc56)C5(c6ccccc6Sc6ccccc65)c5ccccc5-7)cc4)cc3nc2-c2ccccc2)cc1. The van der Waals surface area contributed by atoms with Crippen molar-refractivity contribution in [3.63, 3.8) is 0 Å². The summed E-state index contributed by atoms with van der Waals surface area (Å²) >= 11 is 1.88. The highest BCUT2D eigenvalue weighted by Gasteiger charge is 2.50. The van der Waals surface area contributed by atoms with Gasteiger partial charge in [0.2, 0.25) is 0 Å². The molecule has 0 saturated heterocycles. The summed E-state index contributed by atoms with van der Waals surface area (Å²) in [7, 11) is 0. The van der Waals surface area contributed by atoms with E-state index in [2.05, 4.69) is 200 Å². The molecule has 13 rings (SSSR count). The number of benzene rings is 9. The van der Waals surface area contributed by atoms with Gasteiger partial charge in [0.05, 0.1) is 39.0 Å². The quantitative estimate of drug-likeness (QED) is 0.166. The Morgan fingerprint density at radius 2 is 0.855 bits per heavy atom. The van der Waals surface area contributed by atoms with Crippen molar-refractivity contribution in [2.24, 2.45) is 0 Å². The molecule has 0 atom stereocenters. The van der Waals surface area contributed by atoms with Gasteiger partial charge in [-0.2, -0.15) is 0 Å². The van der Waals surface area contributed by atoms with Crippen LogP contribution in [0, 0.1) is 0 Å². The van der Waals surface area contributed by atoms with Crippen LogP contribution in [0.4, 0.5) is 0 Å². The molecule has 0 fully saturated rings. The van der Waals surface area contributed by atoms with Crippen molar-refractivity contribution in [3.8, 4) is 56.0 Å². The van der Waals surface area contributed by atoms with Gasteiger partial charge in [0.25, 0.3) is 0 Å². The monoisotopic (exact) mass is 805 g/mol. The van der Waals surface area contributed by atoms with Gasteiger partial charge in [0.1, 0.15) is 0 Å². The highest BCUT2D eigenvalue weighted by molar-refractivity contribution is 7.99. The molecule has 2 aliphatic rings. The van der Waals surface area contributed by atoms with Crippen molar-refractivity contribution in [1.29, 1.82) is 0 Å². The fraction of sp³-hybridized carbons (Fsp3) is 0.0172. The lowest BCUT2D eigenvalue weighted by Gasteiger charge is -2.39. The van der Waals surface area contributed by atoms with E-state index >= 15 is 0 Å². The van der Waals surface area contributed by atoms with Crippen LogP contribution in [0.2, 0.25) is 0 Å². The minimum atomic E-state index is -0.444. The van der Waals surface area contributed by atoms with Crippen LogP contribution in [0.1, 0.15) is 22.3 Å². The van der Waals surface area contributed by atoms with Gasteiger partial charge < -0.3 is 0 Å². The van der Waals surface area contributed by atoms with E-state index < -0.39 is 5.41 Å². The Kier molecular flexibility index (Phi) is 7.75. The molecule has 0 N–H and O–H groups in total. The molecular weight excluding hydrogens is 771 g/mol. The zero-order valence-electron chi connectivity index (χ0n) is 33.5. The number of hydrogen-bond donors (Lipinski definition) is 0. The fourth-order valence-electron chi connectivity index (χ4n) is 10.3. The van der Waals surface area contributed by atoms with Crippen LogP contribution in [0.15, 0.2) is 222 Å². The van der Waals surface area contributed by atoms with Gasteiger partial charge in [-0.15, -0.1) is 0 Å². The van der Waals surface area contributed by atoms with Crippen LogP contribution in [0.3, 0.4) is 0 Å². The Labute approximate surface area is 363 Å². The molecule has 9 aromatic carbocycles. The second kappa shape index (κ2) is 13.7. The fourth-order valence-corrected chi connectivity index (χ4v) is 11.4. The van der Waals surface area contributed by atoms with Crippen molar-refractivity contribution >= 4 is 44.5 Å². The van der Waals surface area contributed by atoms with E-state index in [1.165, 1.54) is 53.9 Å². The molecule has 288 valence electrons. The number of nitrogens with zero attached hydrogens (tertiary/aromatic N) is 3. The summed E-state index contributed by atoms with van der Waals surface area (Å²) in [6.07, 6.45) is 0. The first-order valence-corrected chi connectivity index (χ1v) is 21.9. The maximum Gasteiger partial charge on any atom is 0.0973 e. The van der Waals surface area contributed by atoms with Gasteiger partial charge in [-0.05, 0) is 74.8 Å². The maximum absolute atomic E-state index is 5.42. The molecule has 1 aliphatic carbocycles. The Morgan fingerprint density at radius 3 is 1.56 bits per heavy atom. The molecule has 3 heterocycles. The summed E-state index contributed by atoms with van der Waals surface area (Å²) in [5.74, 6) is 0. The number of rotatable bonds is 4. The normalized spacial score (nSPS) is 13.2. The van der Waals surface area contributed by atoms with Crippen molar-refractivity contribution in [1.82, 2.24) is 15.0 Å². The van der Waals surface area contributed by atoms with Gasteiger partial charge in [-0.25, -0.2) is 15.0 Å². The van der Waals surface area contributed by atoms with Gasteiger partial charge in [0.15, 0.2) is 0 Å². The minimum Gasteiger partial charge on any atom is -0.247 e. The summed E-state index contributed by atoms with van der Waals surface area (Å²) < 4.78 is 0. The molecule has 3 nitrogen and oxygen atoms in total. The van der Waals surface area contributed by atoms with Crippen LogP contribution in [-0.4, -0.2) is 15.0 Å². The van der Waals surface area contributed by atoms with E-state index in [0.29, 0.717) is 0 Å². The van der Waals surface area contributed by atoms with Gasteiger partial charge in [-0.3, -0.25) is 0 Å². The van der Waals surface area contributed by atoms with Crippen LogP contribution >= 0.6 is 11.8 Å². The van der Waals surface area contributed by atoms with E-state index in [0.717, 1.165) is 66.8 Å². The molecular formula is C58H35N3S. The van der Waals surface area contributed by atoms with Crippen molar-refractivity contribution < 1.29 is 0 Å². The van der Waals surface area contributed by atoms with Crippen LogP contribution < -0.4 is 0 Å². The first-order valence-electron chi connectivity index (χ1n) is 21.1. The number of aromatic nitrogens is 3. The molecule has 2 aromatic heterocycles. The number of para-hydroxylation sites is 1. The molecule has 62 heavy (non-hydrogen) atoms. The Hall–Kier alpha value is -7.66. The predicted octanol–water partition coefficient (Wildman–Crippen LogP) is 14.8. The van der Waals surface area contributed by atoms with Crippen molar-refractivity contribution in [2.75, 3.05) is 0 Å². The van der Waals surface area contributed by atoms with Crippen LogP contribution in [0.5, 0.6) is 0 Å². The largest absolute Gasteiger partial charge is 0.247 e. The zero-order chi connectivity index (χ0) is 40.8.